The first-order chi connectivity index (χ1) is 10.1. The van der Waals surface area contributed by atoms with Crippen LogP contribution in [0.2, 0.25) is 0 Å². The number of halogens is 1. The summed E-state index contributed by atoms with van der Waals surface area (Å²) < 4.78 is 0. The number of carbonyl (C=O) groups is 1. The van der Waals surface area contributed by atoms with Gasteiger partial charge < -0.3 is 10.2 Å². The highest BCUT2D eigenvalue weighted by Crippen LogP contribution is 2.26. The first kappa shape index (κ1) is 17.3. The van der Waals surface area contributed by atoms with Crippen molar-refractivity contribution in [3.8, 4) is 0 Å². The lowest BCUT2D eigenvalue weighted by Gasteiger charge is -2.37. The van der Waals surface area contributed by atoms with Gasteiger partial charge in [-0.2, -0.15) is 0 Å². The van der Waals surface area contributed by atoms with Crippen LogP contribution in [-0.2, 0) is 11.2 Å². The van der Waals surface area contributed by atoms with Crippen molar-refractivity contribution in [3.63, 3.8) is 0 Å². The predicted molar refractivity (Wildman–Crippen MR) is 92.9 cm³/mol. The Balaban J connectivity index is 0.00000176. The molecule has 1 aromatic carbocycles. The smallest absolute Gasteiger partial charge is 0.241 e. The summed E-state index contributed by atoms with van der Waals surface area (Å²) in [5.74, 6) is 0.239. The predicted octanol–water partition coefficient (Wildman–Crippen LogP) is 2.07. The summed E-state index contributed by atoms with van der Waals surface area (Å²) in [6.07, 6.45) is 2.15. The average molecular weight is 324 g/mol. The molecule has 1 fully saturated rings. The van der Waals surface area contributed by atoms with Crippen LogP contribution in [0.1, 0.15) is 25.8 Å². The Hall–Kier alpha value is -1.10. The molecule has 2 unspecified atom stereocenters. The summed E-state index contributed by atoms with van der Waals surface area (Å²) in [7, 11) is 0. The molecule has 1 saturated heterocycles. The fourth-order valence-corrected chi connectivity index (χ4v) is 3.64. The highest BCUT2D eigenvalue weighted by atomic mass is 35.5. The number of piperazine rings is 1. The van der Waals surface area contributed by atoms with Crippen molar-refractivity contribution in [1.82, 2.24) is 10.2 Å². The maximum Gasteiger partial charge on any atom is 0.241 e. The van der Waals surface area contributed by atoms with E-state index in [0.717, 1.165) is 38.2 Å². The number of carbonyl (C=O) groups excluding carboxylic acids is 1. The summed E-state index contributed by atoms with van der Waals surface area (Å²) in [6, 6.07) is 9.22. The highest BCUT2D eigenvalue weighted by molar-refractivity contribution is 5.95. The van der Waals surface area contributed by atoms with Crippen molar-refractivity contribution in [3.05, 3.63) is 29.8 Å². The summed E-state index contributed by atoms with van der Waals surface area (Å²) in [4.78, 5) is 17.0. The molecule has 0 aromatic heterocycles. The van der Waals surface area contributed by atoms with Gasteiger partial charge in [0.2, 0.25) is 5.91 Å². The molecule has 2 aliphatic heterocycles. The van der Waals surface area contributed by atoms with E-state index in [1.165, 1.54) is 5.56 Å². The van der Waals surface area contributed by atoms with Crippen LogP contribution in [0, 0.1) is 0 Å². The van der Waals surface area contributed by atoms with Gasteiger partial charge in [-0.3, -0.25) is 9.69 Å². The number of benzene rings is 1. The van der Waals surface area contributed by atoms with Crippen molar-refractivity contribution >= 4 is 24.0 Å². The summed E-state index contributed by atoms with van der Waals surface area (Å²) in [6.45, 7) is 7.65. The van der Waals surface area contributed by atoms with E-state index in [0.29, 0.717) is 18.6 Å². The topological polar surface area (TPSA) is 35.6 Å². The molecule has 0 aliphatic carbocycles. The number of hydrogen-bond acceptors (Lipinski definition) is 3. The molecule has 1 N–H and O–H groups in total. The van der Waals surface area contributed by atoms with Crippen LogP contribution < -0.4 is 10.2 Å². The molecule has 2 aliphatic rings. The molecule has 2 heterocycles. The van der Waals surface area contributed by atoms with Crippen LogP contribution in [0.5, 0.6) is 0 Å². The standard InChI is InChI=1S/C17H25N3O.ClH/c1-13-10-19(11-14(2)18-13)12-17(21)20-9-5-7-15-6-3-4-8-16(15)20;/h3-4,6,8,13-14,18H,5,7,9-12H2,1-2H3;1H. The van der Waals surface area contributed by atoms with Gasteiger partial charge in [0.15, 0.2) is 0 Å². The Bertz CT molecular complexity index is 512. The van der Waals surface area contributed by atoms with Crippen LogP contribution in [0.4, 0.5) is 5.69 Å². The second kappa shape index (κ2) is 7.44. The number of para-hydroxylation sites is 1. The molecule has 0 radical (unpaired) electrons. The van der Waals surface area contributed by atoms with Gasteiger partial charge in [0.1, 0.15) is 0 Å². The zero-order chi connectivity index (χ0) is 14.8. The Morgan fingerprint density at radius 1 is 1.23 bits per heavy atom. The molecule has 22 heavy (non-hydrogen) atoms. The molecule has 4 nitrogen and oxygen atoms in total. The van der Waals surface area contributed by atoms with Crippen LogP contribution in [0.15, 0.2) is 24.3 Å². The van der Waals surface area contributed by atoms with Crippen molar-refractivity contribution in [1.29, 1.82) is 0 Å². The summed E-state index contributed by atoms with van der Waals surface area (Å²) >= 11 is 0. The van der Waals surface area contributed by atoms with E-state index in [4.69, 9.17) is 0 Å². The van der Waals surface area contributed by atoms with E-state index in [9.17, 15) is 4.79 Å². The number of nitrogens with zero attached hydrogens (tertiary/aromatic N) is 2. The number of amides is 1. The normalized spacial score (nSPS) is 25.3. The minimum atomic E-state index is 0. The van der Waals surface area contributed by atoms with E-state index in [2.05, 4.69) is 42.3 Å². The molecule has 0 spiro atoms. The van der Waals surface area contributed by atoms with Gasteiger partial charge in [0.25, 0.3) is 0 Å². The lowest BCUT2D eigenvalue weighted by atomic mass is 10.0. The monoisotopic (exact) mass is 323 g/mol. The minimum Gasteiger partial charge on any atom is -0.311 e. The van der Waals surface area contributed by atoms with Crippen molar-refractivity contribution in [2.24, 2.45) is 0 Å². The third-order valence-electron chi connectivity index (χ3n) is 4.40. The third-order valence-corrected chi connectivity index (χ3v) is 4.40. The van der Waals surface area contributed by atoms with Crippen LogP contribution in [-0.4, -0.2) is 49.1 Å². The fraction of sp³-hybridized carbons (Fsp3) is 0.588. The third kappa shape index (κ3) is 3.80. The fourth-order valence-electron chi connectivity index (χ4n) is 3.64. The van der Waals surface area contributed by atoms with Crippen LogP contribution in [0.25, 0.3) is 0 Å². The van der Waals surface area contributed by atoms with Gasteiger partial charge in [-0.25, -0.2) is 0 Å². The number of hydrogen-bond donors (Lipinski definition) is 1. The second-order valence-electron chi connectivity index (χ2n) is 6.44. The number of anilines is 1. The van der Waals surface area contributed by atoms with E-state index in [-0.39, 0.29) is 18.3 Å². The Morgan fingerprint density at radius 3 is 2.64 bits per heavy atom. The zero-order valence-electron chi connectivity index (χ0n) is 13.4. The van der Waals surface area contributed by atoms with Gasteiger partial charge in [0, 0.05) is 37.4 Å². The molecular formula is C17H26ClN3O. The number of nitrogens with one attached hydrogen (secondary N) is 1. The quantitative estimate of drug-likeness (QED) is 0.905. The van der Waals surface area contributed by atoms with E-state index in [1.54, 1.807) is 0 Å². The molecule has 0 bridgehead atoms. The first-order valence-corrected chi connectivity index (χ1v) is 8.00. The Morgan fingerprint density at radius 2 is 1.91 bits per heavy atom. The van der Waals surface area contributed by atoms with Gasteiger partial charge in [-0.05, 0) is 38.3 Å². The maximum absolute atomic E-state index is 12.7. The molecule has 3 rings (SSSR count). The van der Waals surface area contributed by atoms with E-state index >= 15 is 0 Å². The van der Waals surface area contributed by atoms with Gasteiger partial charge in [0.05, 0.1) is 6.54 Å². The lowest BCUT2D eigenvalue weighted by Crippen LogP contribution is -2.56. The summed E-state index contributed by atoms with van der Waals surface area (Å²) in [5, 5.41) is 3.51. The van der Waals surface area contributed by atoms with Crippen LogP contribution in [0.3, 0.4) is 0 Å². The molecule has 122 valence electrons. The van der Waals surface area contributed by atoms with Gasteiger partial charge in [-0.1, -0.05) is 18.2 Å². The molecule has 2 atom stereocenters. The lowest BCUT2D eigenvalue weighted by molar-refractivity contribution is -0.120. The molecule has 0 saturated carbocycles. The van der Waals surface area contributed by atoms with E-state index in [1.807, 2.05) is 11.0 Å². The maximum atomic E-state index is 12.7. The number of fused-ring (bicyclic) bond motifs is 1. The van der Waals surface area contributed by atoms with Crippen molar-refractivity contribution < 1.29 is 4.79 Å². The van der Waals surface area contributed by atoms with E-state index < -0.39 is 0 Å². The zero-order valence-corrected chi connectivity index (χ0v) is 14.2. The van der Waals surface area contributed by atoms with Crippen LogP contribution >= 0.6 is 12.4 Å². The highest BCUT2D eigenvalue weighted by Gasteiger charge is 2.27. The van der Waals surface area contributed by atoms with Gasteiger partial charge in [-0.15, -0.1) is 12.4 Å². The summed E-state index contributed by atoms with van der Waals surface area (Å²) in [5.41, 5.74) is 2.42. The first-order valence-electron chi connectivity index (χ1n) is 8.00. The van der Waals surface area contributed by atoms with Crippen molar-refractivity contribution in [2.75, 3.05) is 31.1 Å². The number of aryl methyl sites for hydroxylation is 1. The SMILES string of the molecule is CC1CN(CC(=O)N2CCCc3ccccc32)CC(C)N1.Cl. The molecular weight excluding hydrogens is 298 g/mol. The molecule has 1 aromatic rings. The van der Waals surface area contributed by atoms with Crippen molar-refractivity contribution in [2.45, 2.75) is 38.8 Å². The minimum absolute atomic E-state index is 0. The largest absolute Gasteiger partial charge is 0.311 e. The van der Waals surface area contributed by atoms with Gasteiger partial charge >= 0.3 is 0 Å². The molecule has 1 amide bonds. The average Bonchev–Trinajstić information content (AvgIpc) is 2.45. The number of rotatable bonds is 2. The second-order valence-corrected chi connectivity index (χ2v) is 6.44. The Kier molecular flexibility index (Phi) is 5.84. The molecule has 5 heteroatoms. The Labute approximate surface area is 139 Å².